The number of likely N-dealkylation sites (N-methyl/N-ethyl adjacent to an activating group) is 1. The van der Waals surface area contributed by atoms with Crippen LogP contribution in [-0.2, 0) is 57.5 Å². The average Bonchev–Trinajstić information content (AvgIpc) is 3.41. The maximum atomic E-state index is 14.1. The van der Waals surface area contributed by atoms with Gasteiger partial charge in [-0.3, -0.25) is 52.7 Å². The molecule has 464 valence electrons. The number of hydrogen-bond donors (Lipinski definition) is 25. The summed E-state index contributed by atoms with van der Waals surface area (Å²) in [6.07, 6.45) is -22.4. The summed E-state index contributed by atoms with van der Waals surface area (Å²) in [5, 5.41) is 155. The topological polar surface area (TPSA) is 622 Å². The van der Waals surface area contributed by atoms with Crippen molar-refractivity contribution in [1.82, 2.24) is 47.9 Å². The normalized spacial score (nSPS) is 16.9. The van der Waals surface area contributed by atoms with Gasteiger partial charge in [-0.05, 0) is 39.2 Å². The summed E-state index contributed by atoms with van der Waals surface area (Å²) in [5.74, 6) is -15.7. The molecule has 0 aromatic rings. The molecule has 0 aliphatic rings. The van der Waals surface area contributed by atoms with Gasteiger partial charge in [-0.1, -0.05) is 0 Å². The maximum absolute atomic E-state index is 14.1. The molecule has 0 saturated carbocycles. The van der Waals surface area contributed by atoms with E-state index in [1.54, 1.807) is 0 Å². The second-order valence-corrected chi connectivity index (χ2v) is 18.5. The summed E-state index contributed by atoms with van der Waals surface area (Å²) in [5.41, 5.74) is 5.92. The van der Waals surface area contributed by atoms with E-state index >= 15 is 0 Å². The number of thiol groups is 1. The summed E-state index contributed by atoms with van der Waals surface area (Å²) < 4.78 is 0. The molecule has 0 aromatic carbocycles. The summed E-state index contributed by atoms with van der Waals surface area (Å²) in [4.78, 5) is 153. The van der Waals surface area contributed by atoms with E-state index in [4.69, 9.17) is 15.9 Å². The molecule has 0 heterocycles. The molecule has 8 amide bonds. The van der Waals surface area contributed by atoms with Crippen LogP contribution in [0.15, 0.2) is 0 Å². The third-order valence-corrected chi connectivity index (χ3v) is 12.1. The van der Waals surface area contributed by atoms with Crippen LogP contribution in [0.3, 0.4) is 0 Å². The molecule has 0 bridgehead atoms. The number of amides is 8. The molecule has 0 aromatic heterocycles. The first kappa shape index (κ1) is 74.5. The summed E-state index contributed by atoms with van der Waals surface area (Å²) in [6.45, 7) is -4.51. The third-order valence-electron chi connectivity index (χ3n) is 11.7. The number of carboxylic acids is 4. The number of nitrogens with one attached hydrogen (secondary N) is 9. The third kappa shape index (κ3) is 29.2. The van der Waals surface area contributed by atoms with Crippen LogP contribution in [-0.4, -0.2) is 279 Å². The van der Waals surface area contributed by atoms with Crippen molar-refractivity contribution in [3.05, 3.63) is 0 Å². The van der Waals surface area contributed by atoms with E-state index in [1.165, 1.54) is 7.05 Å². The van der Waals surface area contributed by atoms with Gasteiger partial charge in [0.25, 0.3) is 0 Å². The molecule has 37 heteroatoms. The number of carbonyl (C=O) groups excluding carboxylic acids is 8. The average molecular weight is 1190 g/mol. The summed E-state index contributed by atoms with van der Waals surface area (Å²) >= 11 is 3.79. The van der Waals surface area contributed by atoms with Gasteiger partial charge in [0.2, 0.25) is 47.3 Å². The van der Waals surface area contributed by atoms with Crippen LogP contribution in [0, 0.1) is 0 Å². The number of aliphatic carboxylic acids is 4. The minimum atomic E-state index is -2.12. The number of rotatable bonds is 43. The lowest BCUT2D eigenvalue weighted by Gasteiger charge is -2.27. The molecule has 25 N–H and O–H groups in total. The molecule has 81 heavy (non-hydrogen) atoms. The highest BCUT2D eigenvalue weighted by atomic mass is 32.1. The van der Waals surface area contributed by atoms with Crippen molar-refractivity contribution in [2.45, 2.75) is 155 Å². The van der Waals surface area contributed by atoms with E-state index in [9.17, 15) is 119 Å². The Morgan fingerprint density at radius 1 is 0.420 bits per heavy atom. The van der Waals surface area contributed by atoms with Crippen molar-refractivity contribution in [3.8, 4) is 0 Å². The Balaban J connectivity index is 6.96. The highest BCUT2D eigenvalue weighted by Gasteiger charge is 2.35. The van der Waals surface area contributed by atoms with E-state index in [0.29, 0.717) is 0 Å². The molecule has 15 atom stereocenters. The van der Waals surface area contributed by atoms with E-state index in [2.05, 4.69) is 49.8 Å². The predicted octanol–water partition coefficient (Wildman–Crippen LogP) is -12.3. The van der Waals surface area contributed by atoms with Crippen molar-refractivity contribution in [2.75, 3.05) is 45.6 Å². The number of aliphatic hydroxyl groups is 10. The molecule has 0 aliphatic carbocycles. The Bertz CT molecular complexity index is 2100. The smallest absolute Gasteiger partial charge is 0.327 e. The zero-order valence-corrected chi connectivity index (χ0v) is 44.6. The zero-order valence-electron chi connectivity index (χ0n) is 43.7. The van der Waals surface area contributed by atoms with Crippen molar-refractivity contribution in [1.29, 1.82) is 0 Å². The van der Waals surface area contributed by atoms with E-state index in [1.807, 2.05) is 10.6 Å². The number of hydrogen-bond acceptors (Lipinski definition) is 25. The highest BCUT2D eigenvalue weighted by molar-refractivity contribution is 7.80. The Morgan fingerprint density at radius 2 is 0.790 bits per heavy atom. The molecule has 0 spiro atoms. The van der Waals surface area contributed by atoms with Gasteiger partial charge in [0, 0.05) is 51.1 Å². The molecule has 0 fully saturated rings. The lowest BCUT2D eigenvalue weighted by Crippen LogP contribution is -2.59. The first-order valence-electron chi connectivity index (χ1n) is 24.8. The number of aliphatic hydroxyl groups excluding tert-OH is 10. The fourth-order valence-electron chi connectivity index (χ4n) is 6.83. The first-order valence-corrected chi connectivity index (χ1v) is 25.4. The monoisotopic (exact) mass is 1190 g/mol. The number of nitrogens with two attached hydrogens (primary N) is 1. The van der Waals surface area contributed by atoms with Crippen LogP contribution in [0.5, 0.6) is 0 Å². The quantitative estimate of drug-likeness (QED) is 0.0252. The molecule has 0 saturated heterocycles. The van der Waals surface area contributed by atoms with E-state index < -0.39 is 252 Å². The van der Waals surface area contributed by atoms with Crippen LogP contribution >= 0.6 is 12.6 Å². The maximum Gasteiger partial charge on any atom is 0.327 e. The predicted molar refractivity (Wildman–Crippen MR) is 272 cm³/mol. The minimum absolute atomic E-state index is 0.338. The van der Waals surface area contributed by atoms with Gasteiger partial charge in [-0.15, -0.1) is 0 Å². The van der Waals surface area contributed by atoms with Crippen molar-refractivity contribution in [2.24, 2.45) is 5.73 Å². The van der Waals surface area contributed by atoms with Gasteiger partial charge < -0.3 is 125 Å². The first-order chi connectivity index (χ1) is 37.8. The van der Waals surface area contributed by atoms with E-state index in [0.717, 1.165) is 0 Å². The lowest BCUT2D eigenvalue weighted by atomic mass is 10.0. The zero-order chi connectivity index (χ0) is 62.3. The molecule has 0 rings (SSSR count). The molecule has 0 aliphatic heterocycles. The number of carboxylic acid groups (broad SMARTS) is 4. The fraction of sp³-hybridized carbons (Fsp3) is 0.727. The Morgan fingerprint density at radius 3 is 1.19 bits per heavy atom. The standard InChI is InChI=1S/C44H76N10O26S/c1-46-19(7-10-32(65)66)40(75)52-22(6-9-30(62)48-14-26(58)35(70)37(72)28(60)16-56)42(77)50-20(3-2-4-31(63)64)41(76)51-21(5-8-29(61)47-13-25(57)34(69)36(71)27(59)15-55)39(74)49-12-18(45)38(73)53-23(11-33(67)68)43(78)54-24(17-81)44(79)80/h18-28,34-37,46,55-60,69-72,81H,2-17,45H2,1H3,(H,47,61)(H,48,62)(H,49,74)(H,50,77)(H,51,76)(H,52,75)(H,53,73)(H,54,78)(H,63,64)(H,65,66)(H,67,68)(H,79,80)/t18-,19+,20+,21+,22+,23-,24-,25-,26-,27+,28+,34+,35+,36+,37+/m0/s1. The minimum Gasteiger partial charge on any atom is -0.481 e. The summed E-state index contributed by atoms with van der Waals surface area (Å²) in [6, 6.07) is -12.3. The van der Waals surface area contributed by atoms with Gasteiger partial charge in [0.05, 0.1) is 37.9 Å². The van der Waals surface area contributed by atoms with Crippen LogP contribution in [0.1, 0.15) is 64.2 Å². The molecule has 36 nitrogen and oxygen atoms in total. The largest absolute Gasteiger partial charge is 0.481 e. The Kier molecular flexibility index (Phi) is 35.9. The van der Waals surface area contributed by atoms with Crippen molar-refractivity contribution >= 4 is 83.8 Å². The van der Waals surface area contributed by atoms with E-state index in [-0.39, 0.29) is 12.8 Å². The second-order valence-electron chi connectivity index (χ2n) is 18.1. The molecule has 0 radical (unpaired) electrons. The summed E-state index contributed by atoms with van der Waals surface area (Å²) in [7, 11) is 1.27. The second kappa shape index (κ2) is 39.0. The molecular weight excluding hydrogens is 1120 g/mol. The van der Waals surface area contributed by atoms with Gasteiger partial charge >= 0.3 is 23.9 Å². The van der Waals surface area contributed by atoms with Crippen LogP contribution in [0.4, 0.5) is 0 Å². The highest BCUT2D eigenvalue weighted by Crippen LogP contribution is 2.11. The van der Waals surface area contributed by atoms with Crippen LogP contribution in [0.25, 0.3) is 0 Å². The fourth-order valence-corrected chi connectivity index (χ4v) is 7.08. The van der Waals surface area contributed by atoms with Crippen molar-refractivity contribution in [3.63, 3.8) is 0 Å². The van der Waals surface area contributed by atoms with Gasteiger partial charge in [-0.25, -0.2) is 4.79 Å². The SMILES string of the molecule is CN[C@H](CCC(=O)O)C(=O)N[C@H](CCC(=O)NC[C@H](O)[C@@H](O)[C@H](O)[C@H](O)CO)C(=O)N[C@H](CCCC(=O)O)C(=O)N[C@H](CCC(=O)NC[C@H](O)[C@@H](O)[C@H](O)[C@H](O)CO)C(=O)NC[C@H](N)C(=O)N[C@@H](CC(=O)O)C(=O)N[C@@H](CS)C(=O)O. The van der Waals surface area contributed by atoms with Crippen LogP contribution < -0.4 is 53.6 Å². The van der Waals surface area contributed by atoms with Gasteiger partial charge in [0.1, 0.15) is 72.9 Å². The van der Waals surface area contributed by atoms with Gasteiger partial charge in [-0.2, -0.15) is 12.6 Å². The number of carbonyl (C=O) groups is 12. The lowest BCUT2D eigenvalue weighted by molar-refractivity contribution is -0.143. The van der Waals surface area contributed by atoms with Crippen molar-refractivity contribution < 1.29 is 129 Å². The molecule has 0 unspecified atom stereocenters. The Hall–Kier alpha value is -6.49. The molecular formula is C44H76N10O26S. The van der Waals surface area contributed by atoms with Gasteiger partial charge in [0.15, 0.2) is 0 Å². The van der Waals surface area contributed by atoms with Crippen LogP contribution in [0.2, 0.25) is 0 Å². The Labute approximate surface area is 466 Å².